The Morgan fingerprint density at radius 1 is 0.185 bits per heavy atom. The maximum atomic E-state index is 2.45. The van der Waals surface area contributed by atoms with Gasteiger partial charge in [-0.1, -0.05) is 182 Å². The van der Waals surface area contributed by atoms with Crippen LogP contribution in [0.4, 0.5) is 0 Å². The quantitative estimate of drug-likeness (QED) is 0.129. The standard InChI is InChI=1S/C54H32/c1-2-11-34(12-3-1)49-41-16-4-6-18-43(41)50(44-19-7-5-17-42(44)49)38-25-23-33(24-26-38)40-31-39-30-29-37-14-9-21-46-45-20-8-13-35-27-28-36-15-10-22-47(53(36)51(35)45)48(32-40)54(39)52(37)46/h1-32H. The van der Waals surface area contributed by atoms with Gasteiger partial charge in [-0.2, -0.15) is 0 Å². The first-order valence-electron chi connectivity index (χ1n) is 18.8. The zero-order chi connectivity index (χ0) is 35.3. The highest BCUT2D eigenvalue weighted by molar-refractivity contribution is 6.37. The predicted octanol–water partition coefficient (Wildman–Crippen LogP) is 15.4. The maximum Gasteiger partial charge on any atom is -0.00199 e. The van der Waals surface area contributed by atoms with Crippen LogP contribution >= 0.6 is 0 Å². The third-order valence-electron chi connectivity index (χ3n) is 11.9. The Bertz CT molecular complexity index is 3400. The lowest BCUT2D eigenvalue weighted by molar-refractivity contribution is 1.63. The van der Waals surface area contributed by atoms with E-state index >= 15 is 0 Å². The SMILES string of the molecule is c1ccc(-c2c3ccccc3c(-c3ccc(-c4cc5ccc6cccc7c8cccc9ccc%10cccc(c(c4)c5c67)c%10c98)cc3)c3ccccc23)cc1. The number of hydrogen-bond donors (Lipinski definition) is 0. The molecule has 12 aromatic rings. The topological polar surface area (TPSA) is 0 Å². The van der Waals surface area contributed by atoms with Crippen LogP contribution in [0.1, 0.15) is 0 Å². The molecule has 54 heavy (non-hydrogen) atoms. The zero-order valence-electron chi connectivity index (χ0n) is 29.5. The second kappa shape index (κ2) is 11.2. The van der Waals surface area contributed by atoms with E-state index in [-0.39, 0.29) is 0 Å². The molecule has 0 spiro atoms. The van der Waals surface area contributed by atoms with Crippen molar-refractivity contribution in [2.45, 2.75) is 0 Å². The van der Waals surface area contributed by atoms with Gasteiger partial charge >= 0.3 is 0 Å². The Morgan fingerprint density at radius 3 is 1.06 bits per heavy atom. The van der Waals surface area contributed by atoms with Crippen molar-refractivity contribution in [2.24, 2.45) is 0 Å². The first-order chi connectivity index (χ1) is 26.8. The molecule has 0 bridgehead atoms. The van der Waals surface area contributed by atoms with Crippen molar-refractivity contribution in [3.8, 4) is 33.4 Å². The van der Waals surface area contributed by atoms with E-state index in [4.69, 9.17) is 0 Å². The molecule has 0 fully saturated rings. The molecule has 248 valence electrons. The Morgan fingerprint density at radius 2 is 0.556 bits per heavy atom. The molecule has 0 aromatic heterocycles. The Hall–Kier alpha value is -7.02. The molecule has 0 heterocycles. The summed E-state index contributed by atoms with van der Waals surface area (Å²) >= 11 is 0. The molecule has 0 unspecified atom stereocenters. The highest BCUT2D eigenvalue weighted by atomic mass is 14.2. The molecule has 0 amide bonds. The molecule has 12 aromatic carbocycles. The van der Waals surface area contributed by atoms with Gasteiger partial charge in [-0.25, -0.2) is 0 Å². The zero-order valence-corrected chi connectivity index (χ0v) is 29.5. The average Bonchev–Trinajstić information content (AvgIpc) is 3.24. The number of hydrogen-bond acceptors (Lipinski definition) is 0. The average molecular weight is 681 g/mol. The highest BCUT2D eigenvalue weighted by Crippen LogP contribution is 2.46. The number of benzene rings is 11. The summed E-state index contributed by atoms with van der Waals surface area (Å²) in [6, 6.07) is 72.4. The molecule has 0 N–H and O–H groups in total. The van der Waals surface area contributed by atoms with Crippen molar-refractivity contribution in [3.63, 3.8) is 0 Å². The monoisotopic (exact) mass is 680 g/mol. The lowest BCUT2D eigenvalue weighted by Gasteiger charge is -2.18. The number of fused-ring (bicyclic) bond motifs is 4. The van der Waals surface area contributed by atoms with Crippen LogP contribution in [0.3, 0.4) is 0 Å². The maximum absolute atomic E-state index is 2.45. The fraction of sp³-hybridized carbons (Fsp3) is 0. The van der Waals surface area contributed by atoms with Gasteiger partial charge in [0.2, 0.25) is 0 Å². The molecule has 0 aliphatic heterocycles. The lowest BCUT2D eigenvalue weighted by Crippen LogP contribution is -1.91. The van der Waals surface area contributed by atoms with E-state index in [2.05, 4.69) is 194 Å². The first-order valence-corrected chi connectivity index (χ1v) is 18.8. The van der Waals surface area contributed by atoms with Gasteiger partial charge in [-0.05, 0) is 132 Å². The van der Waals surface area contributed by atoms with Gasteiger partial charge in [0.05, 0.1) is 0 Å². The van der Waals surface area contributed by atoms with Crippen LogP contribution in [0, 0.1) is 0 Å². The molecule has 0 nitrogen and oxygen atoms in total. The Labute approximate surface area is 312 Å². The summed E-state index contributed by atoms with van der Waals surface area (Å²) in [5, 5.41) is 20.8. The van der Waals surface area contributed by atoms with Crippen LogP contribution < -0.4 is 0 Å². The van der Waals surface area contributed by atoms with Crippen LogP contribution in [0.15, 0.2) is 194 Å². The molecule has 0 aliphatic rings. The summed E-state index contributed by atoms with van der Waals surface area (Å²) in [4.78, 5) is 0. The molecule has 0 heteroatoms. The van der Waals surface area contributed by atoms with E-state index in [0.29, 0.717) is 0 Å². The van der Waals surface area contributed by atoms with Crippen molar-refractivity contribution in [2.75, 3.05) is 0 Å². The van der Waals surface area contributed by atoms with Crippen molar-refractivity contribution in [1.82, 2.24) is 0 Å². The smallest absolute Gasteiger partial charge is 0.00199 e. The molecule has 0 radical (unpaired) electrons. The van der Waals surface area contributed by atoms with Gasteiger partial charge in [-0.3, -0.25) is 0 Å². The van der Waals surface area contributed by atoms with Crippen LogP contribution in [0.5, 0.6) is 0 Å². The molecule has 0 aliphatic carbocycles. The van der Waals surface area contributed by atoms with Crippen molar-refractivity contribution in [3.05, 3.63) is 194 Å². The molecular formula is C54H32. The first kappa shape index (κ1) is 29.5. The van der Waals surface area contributed by atoms with Crippen molar-refractivity contribution in [1.29, 1.82) is 0 Å². The lowest BCUT2D eigenvalue weighted by atomic mass is 9.85. The second-order valence-electron chi connectivity index (χ2n) is 14.7. The van der Waals surface area contributed by atoms with E-state index in [1.807, 2.05) is 0 Å². The summed E-state index contributed by atoms with van der Waals surface area (Å²) < 4.78 is 0. The fourth-order valence-corrected chi connectivity index (χ4v) is 9.64. The molecule has 0 atom stereocenters. The van der Waals surface area contributed by atoms with Gasteiger partial charge in [0.1, 0.15) is 0 Å². The largest absolute Gasteiger partial charge is 0.0622 e. The van der Waals surface area contributed by atoms with Crippen molar-refractivity contribution < 1.29 is 0 Å². The van der Waals surface area contributed by atoms with Gasteiger partial charge in [-0.15, -0.1) is 0 Å². The van der Waals surface area contributed by atoms with Gasteiger partial charge in [0, 0.05) is 0 Å². The minimum atomic E-state index is 1.22. The summed E-state index contributed by atoms with van der Waals surface area (Å²) in [6.45, 7) is 0. The van der Waals surface area contributed by atoms with E-state index in [0.717, 1.165) is 0 Å². The third kappa shape index (κ3) is 4.14. The van der Waals surface area contributed by atoms with E-state index < -0.39 is 0 Å². The minimum absolute atomic E-state index is 1.22. The van der Waals surface area contributed by atoms with E-state index in [1.54, 1.807) is 0 Å². The molecule has 0 saturated heterocycles. The Balaban J connectivity index is 1.12. The van der Waals surface area contributed by atoms with Crippen LogP contribution in [-0.2, 0) is 0 Å². The van der Waals surface area contributed by atoms with Gasteiger partial charge in [0.15, 0.2) is 0 Å². The second-order valence-corrected chi connectivity index (χ2v) is 14.7. The molecule has 12 rings (SSSR count). The summed E-state index contributed by atoms with van der Waals surface area (Å²) in [7, 11) is 0. The highest BCUT2D eigenvalue weighted by Gasteiger charge is 2.18. The normalized spacial score (nSPS) is 12.1. The van der Waals surface area contributed by atoms with Crippen LogP contribution in [0.2, 0.25) is 0 Å². The molecule has 0 saturated carbocycles. The molecular weight excluding hydrogens is 649 g/mol. The Kier molecular flexibility index (Phi) is 6.15. The summed E-state index contributed by atoms with van der Waals surface area (Å²) in [5.41, 5.74) is 7.49. The third-order valence-corrected chi connectivity index (χ3v) is 11.9. The van der Waals surface area contributed by atoms with Gasteiger partial charge < -0.3 is 0 Å². The van der Waals surface area contributed by atoms with Crippen LogP contribution in [0.25, 0.3) is 120 Å². The fourth-order valence-electron chi connectivity index (χ4n) is 9.64. The van der Waals surface area contributed by atoms with Gasteiger partial charge in [0.25, 0.3) is 0 Å². The number of rotatable bonds is 3. The predicted molar refractivity (Wildman–Crippen MR) is 234 cm³/mol. The summed E-state index contributed by atoms with van der Waals surface area (Å²) in [6.07, 6.45) is 0. The van der Waals surface area contributed by atoms with E-state index in [1.165, 1.54) is 120 Å². The van der Waals surface area contributed by atoms with Crippen LogP contribution in [-0.4, -0.2) is 0 Å². The minimum Gasteiger partial charge on any atom is -0.0622 e. The van der Waals surface area contributed by atoms with Crippen molar-refractivity contribution >= 4 is 86.2 Å². The summed E-state index contributed by atoms with van der Waals surface area (Å²) in [5.74, 6) is 0. The van der Waals surface area contributed by atoms with E-state index in [9.17, 15) is 0 Å².